The highest BCUT2D eigenvalue weighted by molar-refractivity contribution is 5.18. The van der Waals surface area contributed by atoms with Crippen molar-refractivity contribution in [2.24, 2.45) is 0 Å². The van der Waals surface area contributed by atoms with Gasteiger partial charge in [-0.05, 0) is 19.5 Å². The maximum Gasteiger partial charge on any atom is 0.0594 e. The Kier molecular flexibility index (Phi) is 5.17. The number of benzene rings is 1. The van der Waals surface area contributed by atoms with Gasteiger partial charge in [0.1, 0.15) is 0 Å². The van der Waals surface area contributed by atoms with Gasteiger partial charge in [-0.2, -0.15) is 0 Å². The fourth-order valence-electron chi connectivity index (χ4n) is 2.30. The largest absolute Gasteiger partial charge is 0.379 e. The van der Waals surface area contributed by atoms with E-state index in [2.05, 4.69) is 54.1 Å². The van der Waals surface area contributed by atoms with Gasteiger partial charge in [0, 0.05) is 32.2 Å². The molecule has 1 unspecified atom stereocenters. The van der Waals surface area contributed by atoms with Gasteiger partial charge in [0.2, 0.25) is 0 Å². The number of hydrogen-bond acceptors (Lipinski definition) is 3. The first-order valence-corrected chi connectivity index (χ1v) is 6.82. The van der Waals surface area contributed by atoms with Crippen molar-refractivity contribution in [2.75, 3.05) is 46.4 Å². The second kappa shape index (κ2) is 6.88. The number of hydrogen-bond donors (Lipinski definition) is 0. The highest BCUT2D eigenvalue weighted by atomic mass is 16.5. The minimum Gasteiger partial charge on any atom is -0.379 e. The maximum atomic E-state index is 5.37. The van der Waals surface area contributed by atoms with Crippen LogP contribution in [0.2, 0.25) is 0 Å². The monoisotopic (exact) mass is 248 g/mol. The van der Waals surface area contributed by atoms with Crippen LogP contribution in [-0.2, 0) is 4.74 Å². The Bertz CT molecular complexity index is 336. The van der Waals surface area contributed by atoms with Crippen molar-refractivity contribution in [1.29, 1.82) is 0 Å². The average molecular weight is 248 g/mol. The van der Waals surface area contributed by atoms with E-state index in [0.29, 0.717) is 6.04 Å². The number of ether oxygens (including phenoxy) is 1. The minimum absolute atomic E-state index is 0.479. The third-order valence-electron chi connectivity index (χ3n) is 3.82. The predicted molar refractivity (Wildman–Crippen MR) is 74.7 cm³/mol. The summed E-state index contributed by atoms with van der Waals surface area (Å²) in [4.78, 5) is 4.91. The molecule has 1 heterocycles. The summed E-state index contributed by atoms with van der Waals surface area (Å²) in [6.07, 6.45) is 0. The van der Waals surface area contributed by atoms with Crippen LogP contribution in [0, 0.1) is 0 Å². The van der Waals surface area contributed by atoms with E-state index >= 15 is 0 Å². The molecule has 1 fully saturated rings. The summed E-state index contributed by atoms with van der Waals surface area (Å²) in [5.41, 5.74) is 1.39. The lowest BCUT2D eigenvalue weighted by atomic mass is 10.1. The highest BCUT2D eigenvalue weighted by Crippen LogP contribution is 2.17. The lowest BCUT2D eigenvalue weighted by molar-refractivity contribution is 0.0329. The molecule has 0 N–H and O–H groups in total. The summed E-state index contributed by atoms with van der Waals surface area (Å²) in [5.74, 6) is 0. The molecule has 0 saturated carbocycles. The number of likely N-dealkylation sites (N-methyl/N-ethyl adjacent to an activating group) is 1. The van der Waals surface area contributed by atoms with Crippen LogP contribution in [0.15, 0.2) is 30.3 Å². The number of morpholine rings is 1. The van der Waals surface area contributed by atoms with Gasteiger partial charge >= 0.3 is 0 Å². The van der Waals surface area contributed by atoms with Crippen molar-refractivity contribution in [2.45, 2.75) is 13.0 Å². The molecule has 0 spiro atoms. The van der Waals surface area contributed by atoms with Crippen molar-refractivity contribution < 1.29 is 4.74 Å². The van der Waals surface area contributed by atoms with Crippen molar-refractivity contribution in [3.05, 3.63) is 35.9 Å². The van der Waals surface area contributed by atoms with Crippen LogP contribution in [0.4, 0.5) is 0 Å². The van der Waals surface area contributed by atoms with E-state index in [1.165, 1.54) is 5.56 Å². The topological polar surface area (TPSA) is 15.7 Å². The Hall–Kier alpha value is -0.900. The zero-order chi connectivity index (χ0) is 12.8. The Labute approximate surface area is 110 Å². The van der Waals surface area contributed by atoms with Crippen LogP contribution in [0.5, 0.6) is 0 Å². The van der Waals surface area contributed by atoms with Crippen LogP contribution >= 0.6 is 0 Å². The molecule has 1 aliphatic heterocycles. The molecule has 18 heavy (non-hydrogen) atoms. The van der Waals surface area contributed by atoms with Gasteiger partial charge < -0.3 is 4.74 Å². The zero-order valence-electron chi connectivity index (χ0n) is 11.5. The molecule has 2 rings (SSSR count). The Balaban J connectivity index is 1.78. The third kappa shape index (κ3) is 3.80. The molecular weight excluding hydrogens is 224 g/mol. The lowest BCUT2D eigenvalue weighted by Crippen LogP contribution is -2.41. The van der Waals surface area contributed by atoms with E-state index in [4.69, 9.17) is 4.74 Å². The summed E-state index contributed by atoms with van der Waals surface area (Å²) in [7, 11) is 2.21. The van der Waals surface area contributed by atoms with Gasteiger partial charge in [0.15, 0.2) is 0 Å². The van der Waals surface area contributed by atoms with Crippen molar-refractivity contribution >= 4 is 0 Å². The quantitative estimate of drug-likeness (QED) is 0.793. The molecule has 1 aliphatic rings. The van der Waals surface area contributed by atoms with Gasteiger partial charge in [-0.1, -0.05) is 30.3 Å². The van der Waals surface area contributed by atoms with Crippen LogP contribution < -0.4 is 0 Å². The zero-order valence-corrected chi connectivity index (χ0v) is 11.5. The molecule has 1 atom stereocenters. The molecule has 0 bridgehead atoms. The second-order valence-electron chi connectivity index (χ2n) is 5.02. The molecule has 3 heteroatoms. The first-order valence-electron chi connectivity index (χ1n) is 6.82. The SMILES string of the molecule is CC(c1ccccc1)N(C)CCN1CCOCC1. The van der Waals surface area contributed by atoms with Crippen LogP contribution in [0.1, 0.15) is 18.5 Å². The molecule has 0 amide bonds. The van der Waals surface area contributed by atoms with Crippen LogP contribution in [0.25, 0.3) is 0 Å². The first-order chi connectivity index (χ1) is 8.77. The van der Waals surface area contributed by atoms with Gasteiger partial charge in [-0.15, -0.1) is 0 Å². The smallest absolute Gasteiger partial charge is 0.0594 e. The van der Waals surface area contributed by atoms with Crippen molar-refractivity contribution in [1.82, 2.24) is 9.80 Å². The average Bonchev–Trinajstić information content (AvgIpc) is 2.46. The molecule has 0 aliphatic carbocycles. The lowest BCUT2D eigenvalue weighted by Gasteiger charge is -2.31. The molecule has 100 valence electrons. The summed E-state index contributed by atoms with van der Waals surface area (Å²) >= 11 is 0. The van der Waals surface area contributed by atoms with Crippen LogP contribution in [-0.4, -0.2) is 56.2 Å². The highest BCUT2D eigenvalue weighted by Gasteiger charge is 2.14. The normalized spacial score (nSPS) is 19.1. The molecule has 3 nitrogen and oxygen atoms in total. The van der Waals surface area contributed by atoms with E-state index < -0.39 is 0 Å². The van der Waals surface area contributed by atoms with Gasteiger partial charge in [0.05, 0.1) is 13.2 Å². The Morgan fingerprint density at radius 2 is 1.89 bits per heavy atom. The molecule has 1 aromatic carbocycles. The molecular formula is C15H24N2O. The third-order valence-corrected chi connectivity index (χ3v) is 3.82. The van der Waals surface area contributed by atoms with E-state index in [1.54, 1.807) is 0 Å². The predicted octanol–water partition coefficient (Wildman–Crippen LogP) is 2.01. The maximum absolute atomic E-state index is 5.37. The number of rotatable bonds is 5. The number of nitrogens with zero attached hydrogens (tertiary/aromatic N) is 2. The van der Waals surface area contributed by atoms with Crippen molar-refractivity contribution in [3.63, 3.8) is 0 Å². The fourth-order valence-corrected chi connectivity index (χ4v) is 2.30. The van der Waals surface area contributed by atoms with Gasteiger partial charge in [-0.25, -0.2) is 0 Å². The first kappa shape index (κ1) is 13.5. The summed E-state index contributed by atoms with van der Waals surface area (Å²) in [5, 5.41) is 0. The Morgan fingerprint density at radius 1 is 1.22 bits per heavy atom. The van der Waals surface area contributed by atoms with Crippen molar-refractivity contribution in [3.8, 4) is 0 Å². The molecule has 1 aromatic rings. The summed E-state index contributed by atoms with van der Waals surface area (Å²) in [6.45, 7) is 8.44. The minimum atomic E-state index is 0.479. The van der Waals surface area contributed by atoms with E-state index in [1.807, 2.05) is 0 Å². The van der Waals surface area contributed by atoms with Crippen LogP contribution in [0.3, 0.4) is 0 Å². The molecule has 0 aromatic heterocycles. The van der Waals surface area contributed by atoms with Gasteiger partial charge in [-0.3, -0.25) is 9.80 Å². The molecule has 0 radical (unpaired) electrons. The summed E-state index contributed by atoms with van der Waals surface area (Å²) < 4.78 is 5.37. The molecule has 1 saturated heterocycles. The Morgan fingerprint density at radius 3 is 2.56 bits per heavy atom. The van der Waals surface area contributed by atoms with Gasteiger partial charge in [0.25, 0.3) is 0 Å². The van der Waals surface area contributed by atoms with E-state index in [-0.39, 0.29) is 0 Å². The standard InChI is InChI=1S/C15H24N2O/c1-14(15-6-4-3-5-7-15)16(2)8-9-17-10-12-18-13-11-17/h3-7,14H,8-13H2,1-2H3. The summed E-state index contributed by atoms with van der Waals surface area (Å²) in [6, 6.07) is 11.2. The second-order valence-corrected chi connectivity index (χ2v) is 5.02. The fraction of sp³-hybridized carbons (Fsp3) is 0.600. The van der Waals surface area contributed by atoms with E-state index in [0.717, 1.165) is 39.4 Å². The van der Waals surface area contributed by atoms with E-state index in [9.17, 15) is 0 Å².